The molecular weight excluding hydrogens is 453 g/mol. The van der Waals surface area contributed by atoms with Gasteiger partial charge in [0.25, 0.3) is 5.91 Å². The second-order valence-corrected chi connectivity index (χ2v) is 9.68. The van der Waals surface area contributed by atoms with Crippen molar-refractivity contribution in [3.05, 3.63) is 53.7 Å². The van der Waals surface area contributed by atoms with E-state index in [1.165, 1.54) is 19.2 Å². The molecule has 0 bridgehead atoms. The Labute approximate surface area is 201 Å². The van der Waals surface area contributed by atoms with Crippen molar-refractivity contribution >= 4 is 28.7 Å². The largest absolute Gasteiger partial charge is 0.465 e. The van der Waals surface area contributed by atoms with E-state index in [1.807, 2.05) is 12.1 Å². The number of piperidine rings is 1. The summed E-state index contributed by atoms with van der Waals surface area (Å²) in [7, 11) is 1.52. The minimum atomic E-state index is -1.07. The Morgan fingerprint density at radius 3 is 2.71 bits per heavy atom. The van der Waals surface area contributed by atoms with E-state index in [2.05, 4.69) is 20.7 Å². The summed E-state index contributed by atoms with van der Waals surface area (Å²) in [4.78, 5) is 30.1. The van der Waals surface area contributed by atoms with Gasteiger partial charge in [0.05, 0.1) is 5.52 Å². The minimum Gasteiger partial charge on any atom is -0.465 e. The van der Waals surface area contributed by atoms with Crippen molar-refractivity contribution in [1.82, 2.24) is 20.8 Å². The summed E-state index contributed by atoms with van der Waals surface area (Å²) in [5.74, 6) is 0.973. The molecular formula is C25H28FN5O4. The predicted molar refractivity (Wildman–Crippen MR) is 127 cm³/mol. The number of halogens is 1. The van der Waals surface area contributed by atoms with Crippen molar-refractivity contribution in [1.29, 1.82) is 0 Å². The molecule has 1 saturated carbocycles. The molecule has 10 heteroatoms. The van der Waals surface area contributed by atoms with Gasteiger partial charge in [0, 0.05) is 44.1 Å². The van der Waals surface area contributed by atoms with Crippen molar-refractivity contribution < 1.29 is 23.6 Å². The van der Waals surface area contributed by atoms with Gasteiger partial charge in [-0.2, -0.15) is 0 Å². The van der Waals surface area contributed by atoms with Crippen LogP contribution in [0.3, 0.4) is 0 Å². The molecule has 1 atom stereocenters. The third-order valence-electron chi connectivity index (χ3n) is 7.49. The molecule has 1 saturated heterocycles. The van der Waals surface area contributed by atoms with Gasteiger partial charge in [0.1, 0.15) is 17.4 Å². The monoisotopic (exact) mass is 481 g/mol. The molecule has 184 valence electrons. The lowest BCUT2D eigenvalue weighted by Gasteiger charge is -2.54. The first-order chi connectivity index (χ1) is 16.8. The van der Waals surface area contributed by atoms with E-state index in [1.54, 1.807) is 12.1 Å². The molecule has 1 aliphatic heterocycles. The summed E-state index contributed by atoms with van der Waals surface area (Å²) in [5, 5.41) is 19.1. The molecule has 2 fully saturated rings. The molecule has 1 aromatic carbocycles. The van der Waals surface area contributed by atoms with Gasteiger partial charge in [-0.3, -0.25) is 4.79 Å². The molecule has 3 heterocycles. The summed E-state index contributed by atoms with van der Waals surface area (Å²) in [5.41, 5.74) is 1.16. The van der Waals surface area contributed by atoms with Crippen molar-refractivity contribution in [2.45, 2.75) is 38.1 Å². The predicted octanol–water partition coefficient (Wildman–Crippen LogP) is 3.60. The van der Waals surface area contributed by atoms with Crippen LogP contribution in [-0.4, -0.2) is 53.4 Å². The van der Waals surface area contributed by atoms with Crippen LogP contribution in [0.25, 0.3) is 10.9 Å². The molecule has 5 rings (SSSR count). The standard InChI is InChI=1S/C25H28FN5O4/c1-27-23(32)21-12-18(35-30-21)11-20(29-24(33)34)16-13-25(14-16)6-8-31(9-7-25)22-5-2-15-10-17(26)3-4-19(15)28-22/h2-5,10,12,16,20,29H,6-9,11,13-14H2,1H3,(H,27,32)(H,33,34). The van der Waals surface area contributed by atoms with Crippen LogP contribution in [0.15, 0.2) is 40.9 Å². The molecule has 9 nitrogen and oxygen atoms in total. The smallest absolute Gasteiger partial charge is 0.404 e. The van der Waals surface area contributed by atoms with Crippen LogP contribution in [0.4, 0.5) is 15.0 Å². The fourth-order valence-electron chi connectivity index (χ4n) is 5.57. The van der Waals surface area contributed by atoms with Gasteiger partial charge >= 0.3 is 6.09 Å². The molecule has 2 aliphatic rings. The summed E-state index contributed by atoms with van der Waals surface area (Å²) in [6.45, 7) is 1.75. The maximum absolute atomic E-state index is 13.5. The second kappa shape index (κ2) is 9.16. The van der Waals surface area contributed by atoms with Gasteiger partial charge in [-0.15, -0.1) is 0 Å². The van der Waals surface area contributed by atoms with Crippen LogP contribution in [-0.2, 0) is 6.42 Å². The molecule has 3 N–H and O–H groups in total. The first-order valence-electron chi connectivity index (χ1n) is 11.8. The second-order valence-electron chi connectivity index (χ2n) is 9.68. The third-order valence-corrected chi connectivity index (χ3v) is 7.49. The summed E-state index contributed by atoms with van der Waals surface area (Å²) in [6.07, 6.45) is 3.17. The van der Waals surface area contributed by atoms with Crippen LogP contribution in [0.1, 0.15) is 41.9 Å². The van der Waals surface area contributed by atoms with Gasteiger partial charge in [-0.05, 0) is 67.3 Å². The van der Waals surface area contributed by atoms with Crippen LogP contribution in [0.5, 0.6) is 0 Å². The number of carboxylic acid groups (broad SMARTS) is 1. The zero-order valence-electron chi connectivity index (χ0n) is 19.5. The van der Waals surface area contributed by atoms with Gasteiger partial charge in [0.15, 0.2) is 5.69 Å². The average molecular weight is 482 g/mol. The Morgan fingerprint density at radius 2 is 2.00 bits per heavy atom. The Bertz CT molecular complexity index is 1250. The van der Waals surface area contributed by atoms with Crippen LogP contribution >= 0.6 is 0 Å². The molecule has 3 aromatic rings. The van der Waals surface area contributed by atoms with Crippen molar-refractivity contribution in [3.63, 3.8) is 0 Å². The lowest BCUT2D eigenvalue weighted by Crippen LogP contribution is -2.54. The highest BCUT2D eigenvalue weighted by atomic mass is 19.1. The highest BCUT2D eigenvalue weighted by molar-refractivity contribution is 5.91. The summed E-state index contributed by atoms with van der Waals surface area (Å²) in [6, 6.07) is 9.74. The molecule has 1 unspecified atom stereocenters. The fourth-order valence-corrected chi connectivity index (χ4v) is 5.57. The van der Waals surface area contributed by atoms with E-state index < -0.39 is 6.09 Å². The number of hydrogen-bond acceptors (Lipinski definition) is 6. The molecule has 1 spiro atoms. The van der Waals surface area contributed by atoms with Gasteiger partial charge < -0.3 is 25.2 Å². The van der Waals surface area contributed by atoms with E-state index >= 15 is 0 Å². The Kier molecular flexibility index (Phi) is 6.04. The van der Waals surface area contributed by atoms with Gasteiger partial charge in [-0.25, -0.2) is 14.2 Å². The number of nitrogens with one attached hydrogen (secondary N) is 2. The maximum atomic E-state index is 13.5. The fraction of sp³-hybridized carbons (Fsp3) is 0.440. The van der Waals surface area contributed by atoms with Gasteiger partial charge in [-0.1, -0.05) is 5.16 Å². The van der Waals surface area contributed by atoms with Crippen molar-refractivity contribution in [3.8, 4) is 0 Å². The van der Waals surface area contributed by atoms with Crippen molar-refractivity contribution in [2.75, 3.05) is 25.0 Å². The lowest BCUT2D eigenvalue weighted by atomic mass is 9.55. The number of carbonyl (C=O) groups is 2. The first kappa shape index (κ1) is 23.1. The summed E-state index contributed by atoms with van der Waals surface area (Å²) < 4.78 is 18.7. The SMILES string of the molecule is CNC(=O)c1cc(CC(NC(=O)O)C2CC3(CCN(c4ccc5cc(F)ccc5n4)CC3)C2)on1. The number of rotatable bonds is 6. The maximum Gasteiger partial charge on any atom is 0.404 e. The van der Waals surface area contributed by atoms with Crippen LogP contribution in [0, 0.1) is 17.2 Å². The number of fused-ring (bicyclic) bond motifs is 1. The Morgan fingerprint density at radius 1 is 1.23 bits per heavy atom. The molecule has 2 aromatic heterocycles. The number of pyridine rings is 1. The number of anilines is 1. The lowest BCUT2D eigenvalue weighted by molar-refractivity contribution is 0.00623. The van der Waals surface area contributed by atoms with Gasteiger partial charge in [0.2, 0.25) is 0 Å². The minimum absolute atomic E-state index is 0.182. The van der Waals surface area contributed by atoms with Crippen molar-refractivity contribution in [2.24, 2.45) is 11.3 Å². The quantitative estimate of drug-likeness (QED) is 0.492. The topological polar surface area (TPSA) is 121 Å². The van der Waals surface area contributed by atoms with E-state index in [9.17, 15) is 19.1 Å². The number of hydrogen-bond donors (Lipinski definition) is 3. The molecule has 0 radical (unpaired) electrons. The molecule has 1 aliphatic carbocycles. The Hall–Kier alpha value is -3.69. The van der Waals surface area contributed by atoms with E-state index in [4.69, 9.17) is 9.51 Å². The highest BCUT2D eigenvalue weighted by Crippen LogP contribution is 2.54. The number of nitrogens with zero attached hydrogens (tertiary/aromatic N) is 3. The molecule has 35 heavy (non-hydrogen) atoms. The number of carbonyl (C=O) groups excluding carboxylic acids is 1. The third kappa shape index (κ3) is 4.78. The Balaban J connectivity index is 1.20. The van der Waals surface area contributed by atoms with Crippen LogP contribution < -0.4 is 15.5 Å². The van der Waals surface area contributed by atoms with E-state index in [0.717, 1.165) is 55.5 Å². The average Bonchev–Trinajstić information content (AvgIpc) is 3.29. The molecule has 2 amide bonds. The number of benzene rings is 1. The van der Waals surface area contributed by atoms with E-state index in [0.29, 0.717) is 12.2 Å². The first-order valence-corrected chi connectivity index (χ1v) is 11.8. The zero-order valence-corrected chi connectivity index (χ0v) is 19.5. The van der Waals surface area contributed by atoms with E-state index in [-0.39, 0.29) is 34.8 Å². The number of aromatic nitrogens is 2. The van der Waals surface area contributed by atoms with Crippen LogP contribution in [0.2, 0.25) is 0 Å². The normalized spacial score (nSPS) is 18.3. The highest BCUT2D eigenvalue weighted by Gasteiger charge is 2.48. The number of amides is 2. The zero-order chi connectivity index (χ0) is 24.6. The summed E-state index contributed by atoms with van der Waals surface area (Å²) >= 11 is 0.